The Hall–Kier alpha value is -3.21. The highest BCUT2D eigenvalue weighted by Crippen LogP contribution is 2.39. The van der Waals surface area contributed by atoms with Gasteiger partial charge in [-0.15, -0.1) is 0 Å². The Morgan fingerprint density at radius 2 is 1.59 bits per heavy atom. The first kappa shape index (κ1) is 13.8. The molecule has 0 saturated carbocycles. The maximum absolute atomic E-state index is 11.4. The van der Waals surface area contributed by atoms with Gasteiger partial charge in [0.1, 0.15) is 5.75 Å². The van der Waals surface area contributed by atoms with E-state index in [4.69, 9.17) is 0 Å². The number of hydrogen-bond donors (Lipinski definition) is 1. The van der Waals surface area contributed by atoms with Gasteiger partial charge in [0, 0.05) is 18.5 Å². The number of nitrogens with zero attached hydrogens (tertiary/aromatic N) is 2. The highest BCUT2D eigenvalue weighted by atomic mass is 16.6. The van der Waals surface area contributed by atoms with Gasteiger partial charge in [0.15, 0.2) is 0 Å². The molecule has 2 aromatic carbocycles. The van der Waals surface area contributed by atoms with Crippen molar-refractivity contribution in [1.29, 1.82) is 0 Å². The third-order valence-corrected chi connectivity index (χ3v) is 3.39. The molecule has 0 unspecified atom stereocenters. The van der Waals surface area contributed by atoms with Gasteiger partial charge < -0.3 is 5.11 Å². The molecule has 1 aromatic heterocycles. The first-order chi connectivity index (χ1) is 10.7. The number of aromatic nitrogens is 1. The van der Waals surface area contributed by atoms with Gasteiger partial charge in [0.05, 0.1) is 10.5 Å². The van der Waals surface area contributed by atoms with Crippen LogP contribution in [0.3, 0.4) is 0 Å². The fourth-order valence-electron chi connectivity index (χ4n) is 2.40. The molecule has 0 spiro atoms. The Kier molecular flexibility index (Phi) is 3.53. The highest BCUT2D eigenvalue weighted by molar-refractivity contribution is 5.89. The van der Waals surface area contributed by atoms with Crippen LogP contribution < -0.4 is 0 Å². The SMILES string of the molecule is O=[N+]([O-])c1cccc(-c2ccncc2)c1-c1ccc(O)cc1. The second-order valence-corrected chi connectivity index (χ2v) is 4.74. The van der Waals surface area contributed by atoms with E-state index in [0.29, 0.717) is 11.1 Å². The first-order valence-electron chi connectivity index (χ1n) is 6.64. The number of phenols is 1. The van der Waals surface area contributed by atoms with Crippen LogP contribution in [0.5, 0.6) is 5.75 Å². The van der Waals surface area contributed by atoms with Crippen LogP contribution in [0.25, 0.3) is 22.3 Å². The van der Waals surface area contributed by atoms with Gasteiger partial charge >= 0.3 is 0 Å². The minimum atomic E-state index is -0.396. The molecule has 5 heteroatoms. The molecule has 0 aliphatic carbocycles. The molecule has 0 radical (unpaired) electrons. The van der Waals surface area contributed by atoms with Gasteiger partial charge in [-0.25, -0.2) is 0 Å². The maximum atomic E-state index is 11.4. The number of nitro groups is 1. The van der Waals surface area contributed by atoms with E-state index in [0.717, 1.165) is 11.1 Å². The fourth-order valence-corrected chi connectivity index (χ4v) is 2.40. The summed E-state index contributed by atoms with van der Waals surface area (Å²) in [6, 6.07) is 15.0. The summed E-state index contributed by atoms with van der Waals surface area (Å²) in [4.78, 5) is 15.0. The zero-order valence-corrected chi connectivity index (χ0v) is 11.5. The molecule has 0 saturated heterocycles. The van der Waals surface area contributed by atoms with E-state index in [-0.39, 0.29) is 11.4 Å². The zero-order chi connectivity index (χ0) is 15.5. The second kappa shape index (κ2) is 5.65. The van der Waals surface area contributed by atoms with Crippen molar-refractivity contribution in [3.63, 3.8) is 0 Å². The van der Waals surface area contributed by atoms with Crippen LogP contribution in [0.4, 0.5) is 5.69 Å². The lowest BCUT2D eigenvalue weighted by Gasteiger charge is -2.10. The van der Waals surface area contributed by atoms with Crippen molar-refractivity contribution in [2.24, 2.45) is 0 Å². The zero-order valence-electron chi connectivity index (χ0n) is 11.5. The molecular formula is C17H12N2O3. The van der Waals surface area contributed by atoms with Crippen molar-refractivity contribution in [3.8, 4) is 28.0 Å². The van der Waals surface area contributed by atoms with Gasteiger partial charge in [-0.3, -0.25) is 15.1 Å². The van der Waals surface area contributed by atoms with Crippen LogP contribution in [-0.2, 0) is 0 Å². The van der Waals surface area contributed by atoms with Crippen molar-refractivity contribution in [1.82, 2.24) is 4.98 Å². The normalized spacial score (nSPS) is 10.4. The minimum Gasteiger partial charge on any atom is -0.508 e. The molecule has 0 amide bonds. The second-order valence-electron chi connectivity index (χ2n) is 4.74. The van der Waals surface area contributed by atoms with Gasteiger partial charge in [-0.05, 0) is 41.0 Å². The number of benzene rings is 2. The summed E-state index contributed by atoms with van der Waals surface area (Å²) in [5.74, 6) is 0.118. The topological polar surface area (TPSA) is 76.3 Å². The molecular weight excluding hydrogens is 280 g/mol. The van der Waals surface area contributed by atoms with Gasteiger partial charge in [0.25, 0.3) is 5.69 Å². The van der Waals surface area contributed by atoms with Crippen LogP contribution in [0.15, 0.2) is 67.0 Å². The number of nitro benzene ring substituents is 1. The lowest BCUT2D eigenvalue weighted by Crippen LogP contribution is -1.94. The van der Waals surface area contributed by atoms with Crippen LogP contribution in [0, 0.1) is 10.1 Å². The van der Waals surface area contributed by atoms with Gasteiger partial charge in [0.2, 0.25) is 0 Å². The van der Waals surface area contributed by atoms with E-state index in [9.17, 15) is 15.2 Å². The Balaban J connectivity index is 2.29. The molecule has 0 aliphatic heterocycles. The third-order valence-electron chi connectivity index (χ3n) is 3.39. The van der Waals surface area contributed by atoms with Crippen LogP contribution >= 0.6 is 0 Å². The van der Waals surface area contributed by atoms with Gasteiger partial charge in [-0.1, -0.05) is 24.3 Å². The Labute approximate surface area is 126 Å². The maximum Gasteiger partial charge on any atom is 0.277 e. The predicted molar refractivity (Wildman–Crippen MR) is 83.4 cm³/mol. The predicted octanol–water partition coefficient (Wildman–Crippen LogP) is 4.03. The standard InChI is InChI=1S/C17H12N2O3/c20-14-6-4-13(5-7-14)17-15(12-8-10-18-11-9-12)2-1-3-16(17)19(21)22/h1-11,20H. The molecule has 1 heterocycles. The lowest BCUT2D eigenvalue weighted by molar-refractivity contribution is -0.384. The van der Waals surface area contributed by atoms with Crippen molar-refractivity contribution in [3.05, 3.63) is 77.1 Å². The van der Waals surface area contributed by atoms with Crippen LogP contribution in [0.1, 0.15) is 0 Å². The molecule has 0 fully saturated rings. The molecule has 108 valence electrons. The Morgan fingerprint density at radius 1 is 0.909 bits per heavy atom. The summed E-state index contributed by atoms with van der Waals surface area (Å²) in [5.41, 5.74) is 2.83. The van der Waals surface area contributed by atoms with Crippen molar-refractivity contribution >= 4 is 5.69 Å². The summed E-state index contributed by atoms with van der Waals surface area (Å²) in [6.45, 7) is 0. The summed E-state index contributed by atoms with van der Waals surface area (Å²) in [6.07, 6.45) is 3.30. The largest absolute Gasteiger partial charge is 0.508 e. The smallest absolute Gasteiger partial charge is 0.277 e. The van der Waals surface area contributed by atoms with Crippen LogP contribution in [0.2, 0.25) is 0 Å². The number of rotatable bonds is 3. The third kappa shape index (κ3) is 2.52. The van der Waals surface area contributed by atoms with Crippen molar-refractivity contribution < 1.29 is 10.0 Å². The monoisotopic (exact) mass is 292 g/mol. The summed E-state index contributed by atoms with van der Waals surface area (Å²) >= 11 is 0. The Bertz CT molecular complexity index is 815. The number of phenolic OH excluding ortho intramolecular Hbond substituents is 1. The average Bonchev–Trinajstić information content (AvgIpc) is 2.56. The number of hydrogen-bond acceptors (Lipinski definition) is 4. The van der Waals surface area contributed by atoms with E-state index in [1.54, 1.807) is 30.6 Å². The molecule has 5 nitrogen and oxygen atoms in total. The molecule has 0 bridgehead atoms. The average molecular weight is 292 g/mol. The fraction of sp³-hybridized carbons (Fsp3) is 0. The number of aromatic hydroxyl groups is 1. The first-order valence-corrected chi connectivity index (χ1v) is 6.64. The lowest BCUT2D eigenvalue weighted by atomic mass is 9.93. The number of pyridine rings is 1. The van der Waals surface area contributed by atoms with E-state index in [2.05, 4.69) is 4.98 Å². The van der Waals surface area contributed by atoms with E-state index in [1.165, 1.54) is 18.2 Å². The summed E-state index contributed by atoms with van der Waals surface area (Å²) in [7, 11) is 0. The minimum absolute atomic E-state index is 0.0278. The van der Waals surface area contributed by atoms with Crippen molar-refractivity contribution in [2.75, 3.05) is 0 Å². The molecule has 3 aromatic rings. The quantitative estimate of drug-likeness (QED) is 0.584. The molecule has 3 rings (SSSR count). The van der Waals surface area contributed by atoms with E-state index in [1.807, 2.05) is 18.2 Å². The van der Waals surface area contributed by atoms with Crippen LogP contribution in [-0.4, -0.2) is 15.0 Å². The molecule has 1 N–H and O–H groups in total. The van der Waals surface area contributed by atoms with Gasteiger partial charge in [-0.2, -0.15) is 0 Å². The van der Waals surface area contributed by atoms with E-state index >= 15 is 0 Å². The van der Waals surface area contributed by atoms with Crippen molar-refractivity contribution in [2.45, 2.75) is 0 Å². The molecule has 0 atom stereocenters. The summed E-state index contributed by atoms with van der Waals surface area (Å²) < 4.78 is 0. The summed E-state index contributed by atoms with van der Waals surface area (Å²) in [5, 5.41) is 20.8. The van der Waals surface area contributed by atoms with E-state index < -0.39 is 4.92 Å². The highest BCUT2D eigenvalue weighted by Gasteiger charge is 2.19. The Morgan fingerprint density at radius 3 is 2.23 bits per heavy atom. The molecule has 22 heavy (non-hydrogen) atoms. The molecule has 0 aliphatic rings.